The molecule has 2 aromatic rings. The van der Waals surface area contributed by atoms with Gasteiger partial charge in [0.15, 0.2) is 12.4 Å². The zero-order valence-corrected chi connectivity index (χ0v) is 19.5. The molecule has 11 heteroatoms. The molecule has 0 radical (unpaired) electrons. The molecule has 1 aromatic carbocycles. The number of hydrogen-bond donors (Lipinski definition) is 0. The lowest BCUT2D eigenvalue weighted by molar-refractivity contribution is -0.235. The number of benzene rings is 1. The van der Waals surface area contributed by atoms with E-state index in [4.69, 9.17) is 23.7 Å². The van der Waals surface area contributed by atoms with Crippen molar-refractivity contribution in [2.24, 2.45) is 0 Å². The molecule has 0 N–H and O–H groups in total. The molecular weight excluding hydrogens is 454 g/mol. The highest BCUT2D eigenvalue weighted by Crippen LogP contribution is 2.26. The van der Waals surface area contributed by atoms with Crippen molar-refractivity contribution in [3.8, 4) is 0 Å². The summed E-state index contributed by atoms with van der Waals surface area (Å²) in [5, 5.41) is 0.636. The second-order valence-electron chi connectivity index (χ2n) is 7.58. The normalized spacial score (nSPS) is 23.0. The fourth-order valence-corrected chi connectivity index (χ4v) is 4.56. The standard InChI is InChI=1S/C22H27NO9S/c1-13(24)29-12-19-17(30-14(2)25)8-9-18(31-15(3)26)22(32-19)28-11-10-23-21(27)16-6-4-5-7-20(16)33-23/h4-7,17-19,22H,8-12H2,1-3H3/t17-,18?,19?,22+/m0/s1. The van der Waals surface area contributed by atoms with E-state index in [1.165, 1.54) is 32.3 Å². The maximum Gasteiger partial charge on any atom is 0.303 e. The molecule has 2 unspecified atom stereocenters. The Labute approximate surface area is 194 Å². The number of carbonyl (C=O) groups excluding carboxylic acids is 3. The van der Waals surface area contributed by atoms with Crippen LogP contribution in [0.1, 0.15) is 33.6 Å². The third-order valence-corrected chi connectivity index (χ3v) is 6.10. The zero-order valence-electron chi connectivity index (χ0n) is 18.7. The van der Waals surface area contributed by atoms with E-state index in [2.05, 4.69) is 0 Å². The molecule has 0 spiro atoms. The van der Waals surface area contributed by atoms with Crippen molar-refractivity contribution < 1.29 is 38.1 Å². The average molecular weight is 482 g/mol. The maximum atomic E-state index is 12.5. The smallest absolute Gasteiger partial charge is 0.303 e. The van der Waals surface area contributed by atoms with Gasteiger partial charge in [-0.15, -0.1) is 0 Å². The summed E-state index contributed by atoms with van der Waals surface area (Å²) >= 11 is 1.33. The first-order valence-electron chi connectivity index (χ1n) is 10.6. The number of aromatic nitrogens is 1. The van der Waals surface area contributed by atoms with Gasteiger partial charge in [0.2, 0.25) is 0 Å². The van der Waals surface area contributed by atoms with E-state index in [9.17, 15) is 19.2 Å². The highest BCUT2D eigenvalue weighted by Gasteiger charge is 2.39. The number of esters is 3. The monoisotopic (exact) mass is 481 g/mol. The van der Waals surface area contributed by atoms with Gasteiger partial charge in [0.1, 0.15) is 18.8 Å². The third kappa shape index (κ3) is 6.86. The molecule has 1 aliphatic rings. The molecule has 4 atom stereocenters. The van der Waals surface area contributed by atoms with Gasteiger partial charge in [-0.2, -0.15) is 0 Å². The first-order chi connectivity index (χ1) is 15.7. The van der Waals surface area contributed by atoms with E-state index >= 15 is 0 Å². The van der Waals surface area contributed by atoms with Crippen LogP contribution in [-0.4, -0.2) is 59.7 Å². The zero-order chi connectivity index (χ0) is 24.0. The highest BCUT2D eigenvalue weighted by atomic mass is 32.1. The summed E-state index contributed by atoms with van der Waals surface area (Å²) in [5.74, 6) is -1.54. The molecule has 0 amide bonds. The fraction of sp³-hybridized carbons (Fsp3) is 0.545. The molecule has 2 heterocycles. The second-order valence-corrected chi connectivity index (χ2v) is 8.65. The van der Waals surface area contributed by atoms with Gasteiger partial charge in [-0.05, 0) is 25.0 Å². The van der Waals surface area contributed by atoms with E-state index in [0.29, 0.717) is 18.2 Å². The molecule has 0 aliphatic carbocycles. The molecule has 33 heavy (non-hydrogen) atoms. The van der Waals surface area contributed by atoms with E-state index in [-0.39, 0.29) is 25.3 Å². The van der Waals surface area contributed by atoms with Crippen molar-refractivity contribution >= 4 is 39.5 Å². The summed E-state index contributed by atoms with van der Waals surface area (Å²) in [6, 6.07) is 7.32. The number of fused-ring (bicyclic) bond motifs is 1. The van der Waals surface area contributed by atoms with Gasteiger partial charge in [-0.1, -0.05) is 23.7 Å². The molecular formula is C22H27NO9S. The van der Waals surface area contributed by atoms with Gasteiger partial charge in [0.25, 0.3) is 5.56 Å². The van der Waals surface area contributed by atoms with Crippen molar-refractivity contribution in [3.05, 3.63) is 34.6 Å². The molecule has 1 aromatic heterocycles. The summed E-state index contributed by atoms with van der Waals surface area (Å²) in [6.45, 7) is 4.03. The van der Waals surface area contributed by atoms with Crippen LogP contribution in [0.3, 0.4) is 0 Å². The summed E-state index contributed by atoms with van der Waals surface area (Å²) < 4.78 is 30.1. The van der Waals surface area contributed by atoms with Crippen LogP contribution in [0, 0.1) is 0 Å². The maximum absolute atomic E-state index is 12.5. The SMILES string of the molecule is CC(=O)OCC1O[C@@H](OCCn2sc3ccccc3c2=O)C(OC(C)=O)CC[C@@H]1OC(C)=O. The third-order valence-electron chi connectivity index (χ3n) is 4.98. The summed E-state index contributed by atoms with van der Waals surface area (Å²) in [7, 11) is 0. The van der Waals surface area contributed by atoms with E-state index < -0.39 is 42.5 Å². The number of nitrogens with zero attached hydrogens (tertiary/aromatic N) is 1. The van der Waals surface area contributed by atoms with Crippen LogP contribution in [0.4, 0.5) is 0 Å². The first kappa shape index (κ1) is 24.9. The van der Waals surface area contributed by atoms with Gasteiger partial charge >= 0.3 is 17.9 Å². The number of rotatable bonds is 8. The van der Waals surface area contributed by atoms with Gasteiger partial charge in [-0.3, -0.25) is 23.1 Å². The quantitative estimate of drug-likeness (QED) is 0.412. The Morgan fingerprint density at radius 3 is 2.36 bits per heavy atom. The molecule has 0 saturated carbocycles. The Kier molecular flexibility index (Phi) is 8.59. The lowest BCUT2D eigenvalue weighted by atomic mass is 10.1. The fourth-order valence-electron chi connectivity index (χ4n) is 3.58. The van der Waals surface area contributed by atoms with Gasteiger partial charge in [0.05, 0.1) is 23.2 Å². The minimum Gasteiger partial charge on any atom is -0.463 e. The van der Waals surface area contributed by atoms with Gasteiger partial charge in [-0.25, -0.2) is 0 Å². The number of carbonyl (C=O) groups is 3. The number of ether oxygens (including phenoxy) is 5. The van der Waals surface area contributed by atoms with Crippen LogP contribution >= 0.6 is 11.5 Å². The lowest BCUT2D eigenvalue weighted by Gasteiger charge is -2.28. The number of hydrogen-bond acceptors (Lipinski definition) is 10. The Bertz CT molecular complexity index is 1050. The van der Waals surface area contributed by atoms with Crippen LogP contribution in [0.2, 0.25) is 0 Å². The van der Waals surface area contributed by atoms with Crippen molar-refractivity contribution in [1.82, 2.24) is 3.96 Å². The molecule has 10 nitrogen and oxygen atoms in total. The van der Waals surface area contributed by atoms with Gasteiger partial charge < -0.3 is 23.7 Å². The van der Waals surface area contributed by atoms with E-state index in [1.54, 1.807) is 10.0 Å². The van der Waals surface area contributed by atoms with Crippen LogP contribution < -0.4 is 5.56 Å². The lowest BCUT2D eigenvalue weighted by Crippen LogP contribution is -2.41. The molecule has 1 saturated heterocycles. The minimum absolute atomic E-state index is 0.105. The topological polar surface area (TPSA) is 119 Å². The summed E-state index contributed by atoms with van der Waals surface area (Å²) in [5.41, 5.74) is -0.111. The Balaban J connectivity index is 1.73. The molecule has 180 valence electrons. The highest BCUT2D eigenvalue weighted by molar-refractivity contribution is 7.13. The van der Waals surface area contributed by atoms with Crippen LogP contribution in [0.5, 0.6) is 0 Å². The Morgan fingerprint density at radius 2 is 1.70 bits per heavy atom. The summed E-state index contributed by atoms with van der Waals surface area (Å²) in [4.78, 5) is 47.0. The van der Waals surface area contributed by atoms with Crippen LogP contribution in [-0.2, 0) is 44.6 Å². The molecule has 0 bridgehead atoms. The largest absolute Gasteiger partial charge is 0.463 e. The van der Waals surface area contributed by atoms with Crippen molar-refractivity contribution in [2.75, 3.05) is 13.2 Å². The molecule has 1 aliphatic heterocycles. The van der Waals surface area contributed by atoms with Gasteiger partial charge in [0, 0.05) is 20.8 Å². The first-order valence-corrected chi connectivity index (χ1v) is 11.4. The predicted octanol–water partition coefficient (Wildman–Crippen LogP) is 2.01. The Hall–Kier alpha value is -2.76. The average Bonchev–Trinajstić information content (AvgIpc) is 2.98. The Morgan fingerprint density at radius 1 is 1.03 bits per heavy atom. The predicted molar refractivity (Wildman–Crippen MR) is 118 cm³/mol. The van der Waals surface area contributed by atoms with E-state index in [1.807, 2.05) is 18.2 Å². The molecule has 1 fully saturated rings. The van der Waals surface area contributed by atoms with Crippen molar-refractivity contribution in [3.63, 3.8) is 0 Å². The van der Waals surface area contributed by atoms with Crippen molar-refractivity contribution in [2.45, 2.75) is 64.8 Å². The van der Waals surface area contributed by atoms with E-state index in [0.717, 1.165) is 4.70 Å². The van der Waals surface area contributed by atoms with Crippen LogP contribution in [0.25, 0.3) is 10.1 Å². The van der Waals surface area contributed by atoms with Crippen LogP contribution in [0.15, 0.2) is 29.1 Å². The molecule has 3 rings (SSSR count). The minimum atomic E-state index is -1.000. The summed E-state index contributed by atoms with van der Waals surface area (Å²) in [6.07, 6.45) is -2.66. The second kappa shape index (κ2) is 11.4. The van der Waals surface area contributed by atoms with Crippen molar-refractivity contribution in [1.29, 1.82) is 0 Å².